The van der Waals surface area contributed by atoms with Crippen LogP contribution in [-0.2, 0) is 14.3 Å². The maximum atomic E-state index is 11.7. The van der Waals surface area contributed by atoms with Crippen LogP contribution in [0.2, 0.25) is 0 Å². The molecule has 0 aliphatic heterocycles. The van der Waals surface area contributed by atoms with E-state index < -0.39 is 21.2 Å². The van der Waals surface area contributed by atoms with Gasteiger partial charge in [0.2, 0.25) is 0 Å². The molecule has 0 saturated heterocycles. The summed E-state index contributed by atoms with van der Waals surface area (Å²) in [5.74, 6) is -1.03. The molecule has 0 aliphatic rings. The number of esters is 1. The molecule has 0 aromatic carbocycles. The average Bonchev–Trinajstić information content (AvgIpc) is 2.23. The summed E-state index contributed by atoms with van der Waals surface area (Å²) >= 11 is 16.4. The first-order valence-corrected chi connectivity index (χ1v) is 6.64. The van der Waals surface area contributed by atoms with Crippen LogP contribution in [0.5, 0.6) is 0 Å². The Kier molecular flexibility index (Phi) is 6.75. The van der Waals surface area contributed by atoms with E-state index >= 15 is 0 Å². The lowest BCUT2D eigenvalue weighted by atomic mass is 9.92. The van der Waals surface area contributed by atoms with E-state index in [2.05, 4.69) is 10.1 Å². The molecule has 0 aromatic rings. The molecule has 0 saturated carbocycles. The van der Waals surface area contributed by atoms with Gasteiger partial charge in [-0.3, -0.25) is 4.79 Å². The highest BCUT2D eigenvalue weighted by Crippen LogP contribution is 2.28. The fraction of sp³-hybridized carbons (Fsp3) is 0.818. The van der Waals surface area contributed by atoms with E-state index in [0.717, 1.165) is 6.42 Å². The van der Waals surface area contributed by atoms with E-state index in [1.54, 1.807) is 6.92 Å². The molecule has 0 fully saturated rings. The number of methoxy groups -OCH3 is 1. The van der Waals surface area contributed by atoms with Crippen molar-refractivity contribution in [1.29, 1.82) is 0 Å². The molecule has 0 unspecified atom stereocenters. The van der Waals surface area contributed by atoms with Crippen LogP contribution in [0.4, 0.5) is 0 Å². The van der Waals surface area contributed by atoms with Crippen LogP contribution in [-0.4, -0.2) is 28.3 Å². The van der Waals surface area contributed by atoms with Crippen molar-refractivity contribution in [3.05, 3.63) is 0 Å². The lowest BCUT2D eigenvalue weighted by Gasteiger charge is -2.30. The fourth-order valence-electron chi connectivity index (χ4n) is 1.34. The Morgan fingerprint density at radius 2 is 1.78 bits per heavy atom. The second-order valence-electron chi connectivity index (χ2n) is 4.71. The van der Waals surface area contributed by atoms with E-state index in [1.165, 1.54) is 7.11 Å². The number of amides is 1. The van der Waals surface area contributed by atoms with Crippen LogP contribution in [0.1, 0.15) is 33.6 Å². The van der Waals surface area contributed by atoms with Crippen LogP contribution in [0.25, 0.3) is 0 Å². The molecular formula is C11H18Cl3NO3. The van der Waals surface area contributed by atoms with E-state index in [4.69, 9.17) is 34.8 Å². The summed E-state index contributed by atoms with van der Waals surface area (Å²) in [7, 11) is 1.25. The number of carbonyl (C=O) groups excluding carboxylic acids is 2. The molecule has 1 atom stereocenters. The molecule has 1 amide bonds. The molecule has 0 aliphatic carbocycles. The summed E-state index contributed by atoms with van der Waals surface area (Å²) in [4.78, 5) is 23.4. The first kappa shape index (κ1) is 17.8. The number of halogens is 3. The first-order valence-electron chi connectivity index (χ1n) is 5.50. The minimum absolute atomic E-state index is 0.374. The van der Waals surface area contributed by atoms with Crippen molar-refractivity contribution in [1.82, 2.24) is 5.32 Å². The summed E-state index contributed by atoms with van der Waals surface area (Å²) in [6.07, 6.45) is 1.13. The van der Waals surface area contributed by atoms with Gasteiger partial charge < -0.3 is 10.1 Å². The van der Waals surface area contributed by atoms with Crippen molar-refractivity contribution >= 4 is 46.7 Å². The molecule has 1 N–H and O–H groups in total. The van der Waals surface area contributed by atoms with Gasteiger partial charge in [0, 0.05) is 0 Å². The average molecular weight is 319 g/mol. The molecule has 0 rings (SSSR count). The summed E-state index contributed by atoms with van der Waals surface area (Å²) in [6.45, 7) is 5.57. The molecule has 4 nitrogen and oxygen atoms in total. The second kappa shape index (κ2) is 6.83. The van der Waals surface area contributed by atoms with Gasteiger partial charge in [-0.2, -0.15) is 0 Å². The van der Waals surface area contributed by atoms with Crippen LogP contribution < -0.4 is 5.32 Å². The minimum atomic E-state index is -2.10. The molecule has 18 heavy (non-hydrogen) atoms. The number of hydrogen-bond acceptors (Lipinski definition) is 3. The Labute approximate surface area is 122 Å². The SMILES string of the molecule is COC(=O)[C@@](C)(CCC(C)C)NC(=O)C(Cl)(Cl)Cl. The molecule has 7 heteroatoms. The fourth-order valence-corrected chi connectivity index (χ4v) is 1.48. The molecule has 106 valence electrons. The monoisotopic (exact) mass is 317 g/mol. The van der Waals surface area contributed by atoms with Gasteiger partial charge in [0.1, 0.15) is 5.54 Å². The Balaban J connectivity index is 4.89. The van der Waals surface area contributed by atoms with E-state index in [-0.39, 0.29) is 0 Å². The third-order valence-electron chi connectivity index (χ3n) is 2.50. The van der Waals surface area contributed by atoms with Crippen molar-refractivity contribution in [2.24, 2.45) is 5.92 Å². The first-order chi connectivity index (χ1) is 8.03. The van der Waals surface area contributed by atoms with Gasteiger partial charge >= 0.3 is 5.97 Å². The summed E-state index contributed by atoms with van der Waals surface area (Å²) < 4.78 is 2.57. The van der Waals surface area contributed by atoms with Crippen molar-refractivity contribution < 1.29 is 14.3 Å². The van der Waals surface area contributed by atoms with Crippen LogP contribution >= 0.6 is 34.8 Å². The van der Waals surface area contributed by atoms with Crippen LogP contribution in [0.15, 0.2) is 0 Å². The molecular weight excluding hydrogens is 300 g/mol. The van der Waals surface area contributed by atoms with Crippen molar-refractivity contribution in [3.8, 4) is 0 Å². The zero-order chi connectivity index (χ0) is 14.6. The van der Waals surface area contributed by atoms with Gasteiger partial charge in [0.25, 0.3) is 9.70 Å². The van der Waals surface area contributed by atoms with Gasteiger partial charge in [-0.15, -0.1) is 0 Å². The van der Waals surface area contributed by atoms with Crippen LogP contribution in [0, 0.1) is 5.92 Å². The smallest absolute Gasteiger partial charge is 0.331 e. The Hall–Kier alpha value is -0.190. The second-order valence-corrected chi connectivity index (χ2v) is 6.99. The Morgan fingerprint density at radius 1 is 1.28 bits per heavy atom. The van der Waals surface area contributed by atoms with Gasteiger partial charge in [0.05, 0.1) is 7.11 Å². The molecule has 0 aromatic heterocycles. The lowest BCUT2D eigenvalue weighted by Crippen LogP contribution is -2.55. The van der Waals surface area contributed by atoms with Gasteiger partial charge in [0.15, 0.2) is 0 Å². The number of nitrogens with one attached hydrogen (secondary N) is 1. The molecule has 0 heterocycles. The van der Waals surface area contributed by atoms with Gasteiger partial charge in [-0.1, -0.05) is 48.7 Å². The standard InChI is InChI=1S/C11H18Cl3NO3/c1-7(2)5-6-10(3,9(17)18-4)15-8(16)11(12,13)14/h7H,5-6H2,1-4H3,(H,15,16)/t10-/m1/s1. The third-order valence-corrected chi connectivity index (χ3v) is 3.02. The quantitative estimate of drug-likeness (QED) is 0.626. The summed E-state index contributed by atoms with van der Waals surface area (Å²) in [5, 5.41) is 2.43. The summed E-state index contributed by atoms with van der Waals surface area (Å²) in [6, 6.07) is 0. The van der Waals surface area contributed by atoms with Crippen molar-refractivity contribution in [2.75, 3.05) is 7.11 Å². The minimum Gasteiger partial charge on any atom is -0.467 e. The van der Waals surface area contributed by atoms with Crippen LogP contribution in [0.3, 0.4) is 0 Å². The number of alkyl halides is 3. The molecule has 0 radical (unpaired) electrons. The van der Waals surface area contributed by atoms with E-state index in [1.807, 2.05) is 13.8 Å². The lowest BCUT2D eigenvalue weighted by molar-refractivity contribution is -0.150. The third kappa shape index (κ3) is 5.63. The maximum Gasteiger partial charge on any atom is 0.331 e. The summed E-state index contributed by atoms with van der Waals surface area (Å²) in [5.41, 5.74) is -1.19. The van der Waals surface area contributed by atoms with Crippen molar-refractivity contribution in [2.45, 2.75) is 42.9 Å². The largest absolute Gasteiger partial charge is 0.467 e. The number of rotatable bonds is 5. The van der Waals surface area contributed by atoms with Crippen molar-refractivity contribution in [3.63, 3.8) is 0 Å². The number of hydrogen-bond donors (Lipinski definition) is 1. The maximum absolute atomic E-state index is 11.7. The molecule has 0 bridgehead atoms. The highest BCUT2D eigenvalue weighted by Gasteiger charge is 2.41. The van der Waals surface area contributed by atoms with E-state index in [0.29, 0.717) is 12.3 Å². The predicted molar refractivity (Wildman–Crippen MR) is 72.9 cm³/mol. The number of carbonyl (C=O) groups is 2. The zero-order valence-corrected chi connectivity index (χ0v) is 13.1. The van der Waals surface area contributed by atoms with Gasteiger partial charge in [-0.05, 0) is 25.7 Å². The highest BCUT2D eigenvalue weighted by atomic mass is 35.6. The normalized spacial score (nSPS) is 15.1. The number of ether oxygens (including phenoxy) is 1. The van der Waals surface area contributed by atoms with Gasteiger partial charge in [-0.25, -0.2) is 4.79 Å². The Morgan fingerprint density at radius 3 is 2.11 bits per heavy atom. The topological polar surface area (TPSA) is 55.4 Å². The Bertz CT molecular complexity index is 315. The zero-order valence-electron chi connectivity index (χ0n) is 10.9. The molecule has 0 spiro atoms. The highest BCUT2D eigenvalue weighted by molar-refractivity contribution is 6.76. The van der Waals surface area contributed by atoms with E-state index in [9.17, 15) is 9.59 Å². The predicted octanol–water partition coefficient (Wildman–Crippen LogP) is 2.84.